The quantitative estimate of drug-likeness (QED) is 0.266. The van der Waals surface area contributed by atoms with Crippen LogP contribution >= 0.6 is 34.3 Å². The normalized spacial score (nSPS) is 8.83. The van der Waals surface area contributed by atoms with Crippen molar-refractivity contribution in [2.75, 3.05) is 13.1 Å². The average molecular weight is 557 g/mol. The van der Waals surface area contributed by atoms with Crippen LogP contribution in [0.5, 0.6) is 0 Å². The predicted octanol–water partition coefficient (Wildman–Crippen LogP) is 2.04. The van der Waals surface area contributed by atoms with E-state index in [1.165, 1.54) is 9.75 Å². The first-order valence-corrected chi connectivity index (χ1v) is 12.6. The van der Waals surface area contributed by atoms with Gasteiger partial charge in [0.1, 0.15) is 0 Å². The Balaban J connectivity index is 0. The molecule has 0 unspecified atom stereocenters. The summed E-state index contributed by atoms with van der Waals surface area (Å²) in [4.78, 5) is 24.8. The number of carbonyl (C=O) groups is 2. The van der Waals surface area contributed by atoms with Gasteiger partial charge in [-0.05, 0) is 66.0 Å². The molecule has 0 bridgehead atoms. The molecule has 0 atom stereocenters. The van der Waals surface area contributed by atoms with Gasteiger partial charge in [-0.2, -0.15) is 0 Å². The summed E-state index contributed by atoms with van der Waals surface area (Å²) in [6.45, 7) is 1.45. The molecule has 0 radical (unpaired) electrons. The molecule has 0 saturated carbocycles. The number of hydrogen-bond acceptors (Lipinski definition) is 6. The number of amides is 1. The number of thiophene rings is 2. The molecular formula is C26H30ClN2NaO4S2. The van der Waals surface area contributed by atoms with Crippen molar-refractivity contribution in [2.45, 2.75) is 12.8 Å². The van der Waals surface area contributed by atoms with Crippen LogP contribution in [0.4, 0.5) is 0 Å². The van der Waals surface area contributed by atoms with E-state index in [2.05, 4.69) is 28.9 Å². The molecule has 2 heterocycles. The van der Waals surface area contributed by atoms with Crippen molar-refractivity contribution in [3.63, 3.8) is 0 Å². The fourth-order valence-corrected chi connectivity index (χ4v) is 4.17. The Labute approximate surface area is 247 Å². The molecule has 6 N–H and O–H groups in total. The first-order chi connectivity index (χ1) is 16.1. The predicted molar refractivity (Wildman–Crippen MR) is 146 cm³/mol. The van der Waals surface area contributed by atoms with E-state index in [1.54, 1.807) is 46.9 Å². The summed E-state index contributed by atoms with van der Waals surface area (Å²) in [5, 5.41) is 6.62. The number of halogens is 1. The Kier molecular flexibility index (Phi) is 22.5. The maximum absolute atomic E-state index is 11.7. The van der Waals surface area contributed by atoms with Crippen molar-refractivity contribution in [1.29, 1.82) is 0 Å². The van der Waals surface area contributed by atoms with Crippen molar-refractivity contribution in [3.05, 3.63) is 117 Å². The van der Waals surface area contributed by atoms with Gasteiger partial charge in [-0.25, -0.2) is 0 Å². The zero-order chi connectivity index (χ0) is 23.7. The maximum Gasteiger partial charge on any atom is 1.00 e. The fourth-order valence-electron chi connectivity index (χ4n) is 2.61. The number of benzene rings is 2. The van der Waals surface area contributed by atoms with Gasteiger partial charge in [-0.1, -0.05) is 60.7 Å². The van der Waals surface area contributed by atoms with E-state index in [4.69, 9.17) is 17.3 Å². The van der Waals surface area contributed by atoms with Crippen LogP contribution in [0.15, 0.2) is 95.7 Å². The van der Waals surface area contributed by atoms with Crippen LogP contribution in [-0.4, -0.2) is 35.2 Å². The second-order valence-corrected chi connectivity index (χ2v) is 9.12. The van der Waals surface area contributed by atoms with Crippen LogP contribution < -0.4 is 40.6 Å². The van der Waals surface area contributed by atoms with Crippen LogP contribution in [0.3, 0.4) is 0 Å². The van der Waals surface area contributed by atoms with Gasteiger partial charge in [0.2, 0.25) is 0 Å². The average Bonchev–Trinajstić information content (AvgIpc) is 3.56. The number of rotatable bonds is 7. The summed E-state index contributed by atoms with van der Waals surface area (Å²) in [5.74, 6) is -0.00263. The Morgan fingerprint density at radius 2 is 1.22 bits per heavy atom. The van der Waals surface area contributed by atoms with Crippen molar-refractivity contribution < 1.29 is 50.1 Å². The summed E-state index contributed by atoms with van der Waals surface area (Å²) >= 11 is 8.65. The SMILES string of the molecule is NCCc1cccs1.O.O=C(Cl)c1ccccc1.O=C(NCCc1cccs1)c1ccccc1.[Na+].[OH-]. The van der Waals surface area contributed by atoms with Gasteiger partial charge in [0.25, 0.3) is 11.1 Å². The van der Waals surface area contributed by atoms with E-state index in [0.29, 0.717) is 17.7 Å². The van der Waals surface area contributed by atoms with E-state index in [-0.39, 0.29) is 46.4 Å². The standard InChI is InChI=1S/C13H13NOS.C7H5ClO.C6H9NS.Na.2H2O/c15-13(11-5-2-1-3-6-11)14-9-8-12-7-4-10-16-12;8-7(9)6-4-2-1-3-5-6;7-4-3-6-2-1-5-8-6;;;/h1-7,10H,8-9H2,(H,14,15);1-5H;1-2,5H,3-4,7H2;;2*1H2/q;;;+1;;/p-1. The second kappa shape index (κ2) is 22.4. The van der Waals surface area contributed by atoms with Crippen LogP contribution in [0.1, 0.15) is 30.5 Å². The van der Waals surface area contributed by atoms with Gasteiger partial charge < -0.3 is 22.0 Å². The monoisotopic (exact) mass is 556 g/mol. The van der Waals surface area contributed by atoms with Gasteiger partial charge in [-0.15, -0.1) is 22.7 Å². The summed E-state index contributed by atoms with van der Waals surface area (Å²) in [7, 11) is 0. The summed E-state index contributed by atoms with van der Waals surface area (Å²) in [5.41, 5.74) is 6.58. The summed E-state index contributed by atoms with van der Waals surface area (Å²) in [6.07, 6.45) is 1.92. The molecule has 6 nitrogen and oxygen atoms in total. The van der Waals surface area contributed by atoms with Gasteiger partial charge in [0.15, 0.2) is 0 Å². The third-order valence-electron chi connectivity index (χ3n) is 4.24. The molecule has 4 rings (SSSR count). The van der Waals surface area contributed by atoms with E-state index >= 15 is 0 Å². The smallest absolute Gasteiger partial charge is 0.870 e. The molecule has 1 amide bonds. The minimum absolute atomic E-state index is 0. The Hall–Kier alpha value is -1.85. The van der Waals surface area contributed by atoms with E-state index in [0.717, 1.165) is 19.4 Å². The number of nitrogens with two attached hydrogens (primary N) is 1. The third-order valence-corrected chi connectivity index (χ3v) is 6.34. The summed E-state index contributed by atoms with van der Waals surface area (Å²) < 4.78 is 0. The Bertz CT molecular complexity index is 1050. The van der Waals surface area contributed by atoms with Crippen molar-refractivity contribution in [3.8, 4) is 0 Å². The minimum Gasteiger partial charge on any atom is -0.870 e. The molecule has 0 saturated heterocycles. The first-order valence-electron chi connectivity index (χ1n) is 10.4. The fraction of sp³-hybridized carbons (Fsp3) is 0.154. The van der Waals surface area contributed by atoms with Crippen molar-refractivity contribution >= 4 is 45.4 Å². The number of hydrogen-bond donors (Lipinski definition) is 2. The summed E-state index contributed by atoms with van der Waals surface area (Å²) in [6, 6.07) is 26.3. The Morgan fingerprint density at radius 3 is 1.61 bits per heavy atom. The molecule has 0 spiro atoms. The molecular weight excluding hydrogens is 527 g/mol. The number of carbonyl (C=O) groups excluding carboxylic acids is 2. The van der Waals surface area contributed by atoms with Crippen LogP contribution in [-0.2, 0) is 12.8 Å². The van der Waals surface area contributed by atoms with Crippen molar-refractivity contribution in [1.82, 2.24) is 5.32 Å². The van der Waals surface area contributed by atoms with E-state index in [9.17, 15) is 9.59 Å². The van der Waals surface area contributed by atoms with Crippen LogP contribution in [0, 0.1) is 0 Å². The third kappa shape index (κ3) is 15.3. The molecule has 0 aliphatic rings. The zero-order valence-electron chi connectivity index (χ0n) is 20.1. The van der Waals surface area contributed by atoms with Gasteiger partial charge in [0.05, 0.1) is 0 Å². The van der Waals surface area contributed by atoms with Crippen molar-refractivity contribution in [2.24, 2.45) is 5.73 Å². The second-order valence-electron chi connectivity index (χ2n) is 6.71. The molecule has 10 heteroatoms. The van der Waals surface area contributed by atoms with Gasteiger partial charge in [0, 0.05) is 27.4 Å². The molecule has 4 aromatic rings. The minimum atomic E-state index is -0.407. The number of nitrogens with one attached hydrogen (secondary N) is 1. The van der Waals surface area contributed by atoms with Gasteiger partial charge in [-0.3, -0.25) is 9.59 Å². The molecule has 0 aliphatic heterocycles. The maximum atomic E-state index is 11.7. The van der Waals surface area contributed by atoms with Crippen LogP contribution in [0.25, 0.3) is 0 Å². The molecule has 0 aliphatic carbocycles. The molecule has 2 aromatic heterocycles. The van der Waals surface area contributed by atoms with Gasteiger partial charge >= 0.3 is 29.6 Å². The molecule has 188 valence electrons. The molecule has 36 heavy (non-hydrogen) atoms. The first kappa shape index (κ1) is 36.3. The van der Waals surface area contributed by atoms with E-state index < -0.39 is 5.24 Å². The van der Waals surface area contributed by atoms with Crippen LogP contribution in [0.2, 0.25) is 0 Å². The largest absolute Gasteiger partial charge is 1.00 e. The van der Waals surface area contributed by atoms with E-state index in [1.807, 2.05) is 47.8 Å². The zero-order valence-corrected chi connectivity index (χ0v) is 24.5. The molecule has 2 aromatic carbocycles. The Morgan fingerprint density at radius 1 is 0.750 bits per heavy atom. The molecule has 0 fully saturated rings. The topological polar surface area (TPSA) is 134 Å².